The van der Waals surface area contributed by atoms with Gasteiger partial charge in [-0.2, -0.15) is 0 Å². The number of benzene rings is 1. The minimum Gasteiger partial charge on any atom is -0.353 e. The summed E-state index contributed by atoms with van der Waals surface area (Å²) in [6.07, 6.45) is 3.29. The van der Waals surface area contributed by atoms with E-state index in [2.05, 4.69) is 12.2 Å². The highest BCUT2D eigenvalue weighted by atomic mass is 19.1. The third-order valence-corrected chi connectivity index (χ3v) is 4.35. The van der Waals surface area contributed by atoms with E-state index in [-0.39, 0.29) is 30.0 Å². The normalized spacial score (nSPS) is 19.0. The summed E-state index contributed by atoms with van der Waals surface area (Å²) in [5.41, 5.74) is -0.156. The molecular weight excluding hydrogens is 314 g/mol. The van der Waals surface area contributed by atoms with E-state index in [1.807, 2.05) is 6.92 Å². The number of likely N-dealkylation sites (tertiary alicyclic amines) is 1. The van der Waals surface area contributed by atoms with E-state index < -0.39 is 17.5 Å². The molecule has 2 amide bonds. The summed E-state index contributed by atoms with van der Waals surface area (Å²) < 4.78 is 26.8. The average molecular weight is 338 g/mol. The molecule has 0 aromatic heterocycles. The SMILES string of the molecule is CCC[C@@H](C)NC(=O)[C@H]1CCCN(C(=O)c2ccc(F)cc2F)C1. The third kappa shape index (κ3) is 4.52. The molecule has 1 saturated heterocycles. The number of carbonyl (C=O) groups excluding carboxylic acids is 2. The van der Waals surface area contributed by atoms with Crippen LogP contribution in [-0.2, 0) is 4.79 Å². The van der Waals surface area contributed by atoms with E-state index in [9.17, 15) is 18.4 Å². The fourth-order valence-corrected chi connectivity index (χ4v) is 3.07. The standard InChI is InChI=1S/C18H24F2N2O2/c1-3-5-12(2)21-17(23)13-6-4-9-22(11-13)18(24)15-8-7-14(19)10-16(15)20/h7-8,10,12-13H,3-6,9,11H2,1-2H3,(H,21,23)/t12-,13+/m1/s1. The van der Waals surface area contributed by atoms with Gasteiger partial charge >= 0.3 is 0 Å². The van der Waals surface area contributed by atoms with Crippen LogP contribution in [0.15, 0.2) is 18.2 Å². The van der Waals surface area contributed by atoms with Crippen LogP contribution in [0.4, 0.5) is 8.78 Å². The summed E-state index contributed by atoms with van der Waals surface area (Å²) >= 11 is 0. The summed E-state index contributed by atoms with van der Waals surface area (Å²) in [6.45, 7) is 4.76. The number of nitrogens with zero attached hydrogens (tertiary/aromatic N) is 1. The van der Waals surface area contributed by atoms with Gasteiger partial charge in [0.05, 0.1) is 11.5 Å². The van der Waals surface area contributed by atoms with Crippen LogP contribution in [0.25, 0.3) is 0 Å². The van der Waals surface area contributed by atoms with Crippen molar-refractivity contribution in [2.24, 2.45) is 5.92 Å². The van der Waals surface area contributed by atoms with Crippen LogP contribution >= 0.6 is 0 Å². The lowest BCUT2D eigenvalue weighted by Gasteiger charge is -2.32. The van der Waals surface area contributed by atoms with E-state index in [1.165, 1.54) is 4.90 Å². The third-order valence-electron chi connectivity index (χ3n) is 4.35. The van der Waals surface area contributed by atoms with Crippen LogP contribution in [0.1, 0.15) is 49.9 Å². The van der Waals surface area contributed by atoms with E-state index in [0.717, 1.165) is 25.0 Å². The molecule has 132 valence electrons. The summed E-state index contributed by atoms with van der Waals surface area (Å²) in [5, 5.41) is 2.97. The molecule has 1 aliphatic rings. The number of rotatable bonds is 5. The molecule has 0 bridgehead atoms. The number of amides is 2. The maximum atomic E-state index is 13.8. The Morgan fingerprint density at radius 3 is 2.79 bits per heavy atom. The van der Waals surface area contributed by atoms with Crippen molar-refractivity contribution in [2.45, 2.75) is 45.6 Å². The van der Waals surface area contributed by atoms with Gasteiger partial charge in [-0.15, -0.1) is 0 Å². The molecule has 0 aliphatic carbocycles. The first kappa shape index (κ1) is 18.4. The van der Waals surface area contributed by atoms with Crippen molar-refractivity contribution in [1.82, 2.24) is 10.2 Å². The summed E-state index contributed by atoms with van der Waals surface area (Å²) in [5.74, 6) is -2.43. The molecule has 1 heterocycles. The second-order valence-electron chi connectivity index (χ2n) is 6.41. The number of carbonyl (C=O) groups is 2. The van der Waals surface area contributed by atoms with E-state index in [0.29, 0.717) is 25.5 Å². The Morgan fingerprint density at radius 1 is 1.38 bits per heavy atom. The zero-order chi connectivity index (χ0) is 17.7. The van der Waals surface area contributed by atoms with E-state index in [1.54, 1.807) is 0 Å². The molecule has 1 aromatic carbocycles. The van der Waals surface area contributed by atoms with Gasteiger partial charge in [-0.05, 0) is 38.3 Å². The fraction of sp³-hybridized carbons (Fsp3) is 0.556. The van der Waals surface area contributed by atoms with Crippen LogP contribution in [0, 0.1) is 17.6 Å². The lowest BCUT2D eigenvalue weighted by atomic mass is 9.96. The first-order chi connectivity index (χ1) is 11.4. The smallest absolute Gasteiger partial charge is 0.256 e. The van der Waals surface area contributed by atoms with Crippen molar-refractivity contribution in [1.29, 1.82) is 0 Å². The highest BCUT2D eigenvalue weighted by Gasteiger charge is 2.30. The van der Waals surface area contributed by atoms with Crippen molar-refractivity contribution < 1.29 is 18.4 Å². The monoisotopic (exact) mass is 338 g/mol. The van der Waals surface area contributed by atoms with Crippen LogP contribution in [0.5, 0.6) is 0 Å². The molecule has 6 heteroatoms. The largest absolute Gasteiger partial charge is 0.353 e. The average Bonchev–Trinajstić information content (AvgIpc) is 2.54. The molecule has 1 fully saturated rings. The van der Waals surface area contributed by atoms with Gasteiger partial charge in [-0.25, -0.2) is 8.78 Å². The molecular formula is C18H24F2N2O2. The molecule has 0 spiro atoms. The summed E-state index contributed by atoms with van der Waals surface area (Å²) in [4.78, 5) is 26.3. The topological polar surface area (TPSA) is 49.4 Å². The maximum absolute atomic E-state index is 13.8. The molecule has 0 unspecified atom stereocenters. The predicted molar refractivity (Wildman–Crippen MR) is 87.5 cm³/mol. The number of piperidine rings is 1. The Bertz CT molecular complexity index is 607. The molecule has 1 aromatic rings. The summed E-state index contributed by atoms with van der Waals surface area (Å²) in [6, 6.07) is 3.02. The Labute approximate surface area is 141 Å². The molecule has 1 N–H and O–H groups in total. The van der Waals surface area contributed by atoms with Crippen molar-refractivity contribution in [2.75, 3.05) is 13.1 Å². The Morgan fingerprint density at radius 2 is 2.12 bits per heavy atom. The number of nitrogens with one attached hydrogen (secondary N) is 1. The lowest BCUT2D eigenvalue weighted by molar-refractivity contribution is -0.127. The van der Waals surface area contributed by atoms with Crippen molar-refractivity contribution in [3.05, 3.63) is 35.4 Å². The van der Waals surface area contributed by atoms with Gasteiger partial charge in [-0.3, -0.25) is 9.59 Å². The predicted octanol–water partition coefficient (Wildman–Crippen LogP) is 3.12. The molecule has 0 saturated carbocycles. The first-order valence-electron chi connectivity index (χ1n) is 8.47. The van der Waals surface area contributed by atoms with Gasteiger partial charge in [-0.1, -0.05) is 13.3 Å². The highest BCUT2D eigenvalue weighted by Crippen LogP contribution is 2.20. The van der Waals surface area contributed by atoms with Gasteiger partial charge in [0.25, 0.3) is 5.91 Å². The molecule has 24 heavy (non-hydrogen) atoms. The first-order valence-corrected chi connectivity index (χ1v) is 8.47. The van der Waals surface area contributed by atoms with Gasteiger partial charge in [0.15, 0.2) is 0 Å². The van der Waals surface area contributed by atoms with Crippen LogP contribution < -0.4 is 5.32 Å². The summed E-state index contributed by atoms with van der Waals surface area (Å²) in [7, 11) is 0. The molecule has 2 atom stereocenters. The fourth-order valence-electron chi connectivity index (χ4n) is 3.07. The van der Waals surface area contributed by atoms with Crippen LogP contribution in [-0.4, -0.2) is 35.8 Å². The highest BCUT2D eigenvalue weighted by molar-refractivity contribution is 5.95. The number of halogens is 2. The van der Waals surface area contributed by atoms with Gasteiger partial charge in [0.1, 0.15) is 11.6 Å². The Balaban J connectivity index is 2.02. The number of hydrogen-bond donors (Lipinski definition) is 1. The van der Waals surface area contributed by atoms with Crippen LogP contribution in [0.2, 0.25) is 0 Å². The zero-order valence-corrected chi connectivity index (χ0v) is 14.1. The van der Waals surface area contributed by atoms with E-state index >= 15 is 0 Å². The quantitative estimate of drug-likeness (QED) is 0.897. The van der Waals surface area contributed by atoms with Crippen molar-refractivity contribution in [3.8, 4) is 0 Å². The van der Waals surface area contributed by atoms with Gasteiger partial charge in [0, 0.05) is 25.2 Å². The zero-order valence-electron chi connectivity index (χ0n) is 14.1. The molecule has 2 rings (SSSR count). The van der Waals surface area contributed by atoms with Crippen molar-refractivity contribution >= 4 is 11.8 Å². The Kier molecular flexibility index (Phi) is 6.29. The maximum Gasteiger partial charge on any atom is 0.256 e. The van der Waals surface area contributed by atoms with E-state index in [4.69, 9.17) is 0 Å². The Hall–Kier alpha value is -1.98. The molecule has 0 radical (unpaired) electrons. The number of hydrogen-bond acceptors (Lipinski definition) is 2. The van der Waals surface area contributed by atoms with Crippen molar-refractivity contribution in [3.63, 3.8) is 0 Å². The lowest BCUT2D eigenvalue weighted by Crippen LogP contribution is -2.47. The minimum atomic E-state index is -0.872. The molecule has 4 nitrogen and oxygen atoms in total. The van der Waals surface area contributed by atoms with Gasteiger partial charge < -0.3 is 10.2 Å². The second-order valence-corrected chi connectivity index (χ2v) is 6.41. The second kappa shape index (κ2) is 8.22. The van der Waals surface area contributed by atoms with Gasteiger partial charge in [0.2, 0.25) is 5.91 Å². The minimum absolute atomic E-state index is 0.0620. The molecule has 1 aliphatic heterocycles. The van der Waals surface area contributed by atoms with Crippen LogP contribution in [0.3, 0.4) is 0 Å².